The number of amides is 2. The molecule has 0 spiro atoms. The van der Waals surface area contributed by atoms with E-state index < -0.39 is 222 Å². The summed E-state index contributed by atoms with van der Waals surface area (Å²) in [4.78, 5) is 24.7. The quantitative estimate of drug-likeness (QED) is 0.0682. The topological polar surface area (TPSA) is 483 Å². The van der Waals surface area contributed by atoms with Crippen molar-refractivity contribution in [1.82, 2.24) is 10.6 Å². The van der Waals surface area contributed by atoms with Crippen LogP contribution in [0.1, 0.15) is 27.7 Å². The molecule has 6 heterocycles. The van der Waals surface area contributed by atoms with Crippen LogP contribution in [0.15, 0.2) is 0 Å². The van der Waals surface area contributed by atoms with Gasteiger partial charge in [0.05, 0.1) is 38.6 Å². The van der Waals surface area contributed by atoms with Crippen LogP contribution in [0.5, 0.6) is 0 Å². The van der Waals surface area contributed by atoms with Gasteiger partial charge in [-0.3, -0.25) is 9.59 Å². The lowest BCUT2D eigenvalue weighted by Crippen LogP contribution is -2.70. The highest BCUT2D eigenvalue weighted by atomic mass is 16.8. The van der Waals surface area contributed by atoms with Crippen molar-refractivity contribution in [2.45, 2.75) is 212 Å². The lowest BCUT2D eigenvalue weighted by molar-refractivity contribution is -0.411. The fourth-order valence-corrected chi connectivity index (χ4v) is 9.06. The van der Waals surface area contributed by atoms with Crippen molar-refractivity contribution < 1.29 is 143 Å². The van der Waals surface area contributed by atoms with Gasteiger partial charge >= 0.3 is 0 Å². The van der Waals surface area contributed by atoms with E-state index in [9.17, 15) is 91.3 Å². The summed E-state index contributed by atoms with van der Waals surface area (Å²) >= 11 is 0. The summed E-state index contributed by atoms with van der Waals surface area (Å²) in [7, 11) is 0. The molecule has 2 amide bonds. The van der Waals surface area contributed by atoms with Gasteiger partial charge in [0.15, 0.2) is 37.7 Å². The maximum Gasteiger partial charge on any atom is 0.217 e. The van der Waals surface area contributed by atoms with Crippen molar-refractivity contribution in [2.24, 2.45) is 0 Å². The molecule has 6 rings (SSSR count). The Morgan fingerprint density at radius 3 is 1.32 bits per heavy atom. The van der Waals surface area contributed by atoms with Crippen LogP contribution >= 0.6 is 0 Å². The monoisotopic (exact) mass is 1040 g/mol. The Morgan fingerprint density at radius 1 is 0.394 bits per heavy atom. The van der Waals surface area contributed by atoms with Crippen LogP contribution in [0.3, 0.4) is 0 Å². The van der Waals surface area contributed by atoms with E-state index in [0.717, 1.165) is 13.8 Å². The average molecular weight is 1040 g/mol. The van der Waals surface area contributed by atoms with Crippen molar-refractivity contribution in [3.63, 3.8) is 0 Å². The summed E-state index contributed by atoms with van der Waals surface area (Å²) in [5.74, 6) is -1.55. The lowest BCUT2D eigenvalue weighted by atomic mass is 9.94. The summed E-state index contributed by atoms with van der Waals surface area (Å²) in [5, 5.41) is 178. The van der Waals surface area contributed by atoms with E-state index >= 15 is 0 Å². The molecular weight excluding hydrogens is 972 g/mol. The molecule has 71 heavy (non-hydrogen) atoms. The van der Waals surface area contributed by atoms with E-state index in [1.54, 1.807) is 0 Å². The maximum atomic E-state index is 12.4. The highest BCUT2D eigenvalue weighted by molar-refractivity contribution is 5.73. The molecule has 412 valence electrons. The van der Waals surface area contributed by atoms with Gasteiger partial charge in [0, 0.05) is 13.8 Å². The van der Waals surface area contributed by atoms with E-state index in [2.05, 4.69) is 10.6 Å². The second-order valence-electron chi connectivity index (χ2n) is 18.2. The van der Waals surface area contributed by atoms with Gasteiger partial charge in [0.2, 0.25) is 11.8 Å². The largest absolute Gasteiger partial charge is 0.394 e. The molecule has 31 nitrogen and oxygen atoms in total. The van der Waals surface area contributed by atoms with Crippen LogP contribution in [-0.4, -0.2) is 304 Å². The second-order valence-corrected chi connectivity index (χ2v) is 18.2. The molecule has 0 bridgehead atoms. The van der Waals surface area contributed by atoms with Gasteiger partial charge in [-0.15, -0.1) is 0 Å². The zero-order chi connectivity index (χ0) is 52.5. The van der Waals surface area contributed by atoms with E-state index in [1.807, 2.05) is 0 Å². The second kappa shape index (κ2) is 24.7. The van der Waals surface area contributed by atoms with Crippen molar-refractivity contribution in [2.75, 3.05) is 26.4 Å². The summed E-state index contributed by atoms with van der Waals surface area (Å²) in [6, 6.07) is -3.26. The van der Waals surface area contributed by atoms with Crippen LogP contribution in [-0.2, 0) is 61.7 Å². The molecule has 18 N–H and O–H groups in total. The Bertz CT molecular complexity index is 1710. The van der Waals surface area contributed by atoms with Crippen LogP contribution in [0, 0.1) is 0 Å². The Labute approximate surface area is 403 Å². The van der Waals surface area contributed by atoms with E-state index in [0.29, 0.717) is 0 Å². The number of hydrogen-bond acceptors (Lipinski definition) is 29. The molecule has 31 heteroatoms. The number of aliphatic hydroxyl groups excluding tert-OH is 16. The van der Waals surface area contributed by atoms with Crippen LogP contribution < -0.4 is 10.6 Å². The summed E-state index contributed by atoms with van der Waals surface area (Å²) < 4.78 is 64.8. The first-order chi connectivity index (χ1) is 33.4. The van der Waals surface area contributed by atoms with E-state index in [4.69, 9.17) is 52.1 Å². The van der Waals surface area contributed by atoms with Crippen molar-refractivity contribution in [1.29, 1.82) is 0 Å². The molecular formula is C40H68N2O29. The predicted octanol–water partition coefficient (Wildman–Crippen LogP) is -11.8. The van der Waals surface area contributed by atoms with Gasteiger partial charge in [-0.1, -0.05) is 0 Å². The predicted molar refractivity (Wildman–Crippen MR) is 220 cm³/mol. The number of nitrogens with one attached hydrogen (secondary N) is 2. The molecule has 0 aromatic carbocycles. The van der Waals surface area contributed by atoms with Crippen molar-refractivity contribution >= 4 is 11.8 Å². The minimum absolute atomic E-state index is 0.744. The number of carbonyl (C=O) groups excluding carboxylic acids is 2. The van der Waals surface area contributed by atoms with Crippen LogP contribution in [0.2, 0.25) is 0 Å². The van der Waals surface area contributed by atoms with E-state index in [1.165, 1.54) is 13.8 Å². The third kappa shape index (κ3) is 12.6. The normalized spacial score (nSPS) is 50.8. The van der Waals surface area contributed by atoms with E-state index in [-0.39, 0.29) is 0 Å². The molecule has 6 aliphatic heterocycles. The number of ether oxygens (including phenoxy) is 11. The van der Waals surface area contributed by atoms with Gasteiger partial charge in [-0.25, -0.2) is 0 Å². The first-order valence-electron chi connectivity index (χ1n) is 22.8. The summed E-state index contributed by atoms with van der Waals surface area (Å²) in [6.07, 6.45) is -52.8. The van der Waals surface area contributed by atoms with Gasteiger partial charge in [0.25, 0.3) is 0 Å². The first-order valence-corrected chi connectivity index (χ1v) is 22.8. The third-order valence-electron chi connectivity index (χ3n) is 13.1. The molecule has 0 aromatic rings. The highest BCUT2D eigenvalue weighted by Gasteiger charge is 2.58. The fourth-order valence-electron chi connectivity index (χ4n) is 9.06. The average Bonchev–Trinajstić information content (AvgIpc) is 3.32. The molecule has 6 saturated heterocycles. The number of aliphatic hydroxyl groups is 16. The first kappa shape index (κ1) is 58.1. The van der Waals surface area contributed by atoms with Crippen LogP contribution in [0.25, 0.3) is 0 Å². The number of hydrogen-bond donors (Lipinski definition) is 18. The smallest absolute Gasteiger partial charge is 0.217 e. The van der Waals surface area contributed by atoms with Gasteiger partial charge in [-0.05, 0) is 13.8 Å². The van der Waals surface area contributed by atoms with Crippen molar-refractivity contribution in [3.05, 3.63) is 0 Å². The number of carbonyl (C=O) groups is 2. The molecule has 30 atom stereocenters. The molecule has 6 aliphatic rings. The molecule has 0 aromatic heterocycles. The van der Waals surface area contributed by atoms with Gasteiger partial charge in [-0.2, -0.15) is 0 Å². The Morgan fingerprint density at radius 2 is 0.803 bits per heavy atom. The minimum atomic E-state index is -2.21. The third-order valence-corrected chi connectivity index (χ3v) is 13.1. The Hall–Kier alpha value is -2.14. The molecule has 6 fully saturated rings. The fraction of sp³-hybridized carbons (Fsp3) is 0.950. The zero-order valence-corrected chi connectivity index (χ0v) is 38.6. The molecule has 0 aliphatic carbocycles. The maximum absolute atomic E-state index is 12.4. The summed E-state index contributed by atoms with van der Waals surface area (Å²) in [6.45, 7) is 0.919. The molecule has 1 unspecified atom stereocenters. The van der Waals surface area contributed by atoms with Crippen molar-refractivity contribution in [3.8, 4) is 0 Å². The highest BCUT2D eigenvalue weighted by Crippen LogP contribution is 2.38. The van der Waals surface area contributed by atoms with Gasteiger partial charge < -0.3 is 144 Å². The Balaban J connectivity index is 1.45. The molecule has 0 saturated carbocycles. The van der Waals surface area contributed by atoms with Gasteiger partial charge in [0.1, 0.15) is 134 Å². The molecule has 0 radical (unpaired) electrons. The number of rotatable bonds is 16. The SMILES string of the molecule is CC(=O)N[C@H]1[C@H](OC[C@H]2O[C@@H](O[C@H]3[C@@H](O)[C@@H](CO)OC(O)[C@@H]3NC(C)=O)[C@H](O[C@@H]3O[C@@H](C)[C@@H](O)[C@@H](O)[C@@H]3O)[C@@H](O[C@@H]3O[C@H](CO)[C@H](O)[C@H](O)[C@H]3O[C@@H]3O[C@@H](C)[C@@H](O)[C@@H](O)[C@@H]3O)[C@H]2O)O[C@H](CO)[C@@H](O)[C@@H]1O. The summed E-state index contributed by atoms with van der Waals surface area (Å²) in [5.41, 5.74) is 0. The lowest BCUT2D eigenvalue weighted by Gasteiger charge is -2.51. The Kier molecular flexibility index (Phi) is 20.2. The standard InChI is InChI=1S/C40H68N2O29/c1-9-19(48)26(55)29(58)37(62-9)70-33-28(57)22(51)14(6-44)66-39(33)69-32-24(53)16(8-61-36-17(41-11(3)46)25(54)21(50)13(5-43)65-36)67-40(34(32)71-38-30(59)27(56)20(49)10(2)63-38)68-31-18(42-12(4)47)35(60)64-15(7-45)23(31)52/h9-10,13-40,43-45,48-60H,5-8H2,1-4H3,(H,41,46)(H,42,47)/t9-,10-,13+,14+,15+,16+,17+,18+,19+,20+,21+,22-,23-,24-,25+,26+,27+,28-,29-,30-,31+,32-,33+,34+,35?,36+,37-,38-,39-,40-/m0/s1. The zero-order valence-electron chi connectivity index (χ0n) is 38.6. The minimum Gasteiger partial charge on any atom is -0.394 e. The van der Waals surface area contributed by atoms with Crippen LogP contribution in [0.4, 0.5) is 0 Å².